The van der Waals surface area contributed by atoms with Gasteiger partial charge in [-0.05, 0) is 81.7 Å². The summed E-state index contributed by atoms with van der Waals surface area (Å²) >= 11 is 0. The van der Waals surface area contributed by atoms with E-state index in [1.54, 1.807) is 14.2 Å². The fraction of sp³-hybridized carbons (Fsp3) is 0.438. The Labute approximate surface area is 231 Å². The van der Waals surface area contributed by atoms with E-state index in [2.05, 4.69) is 94.5 Å². The molecule has 0 bridgehead atoms. The van der Waals surface area contributed by atoms with Crippen LogP contribution in [-0.4, -0.2) is 50.3 Å². The number of rotatable bonds is 14. The molecule has 206 valence electrons. The predicted molar refractivity (Wildman–Crippen MR) is 158 cm³/mol. The monoisotopic (exact) mass is 537 g/mol. The van der Waals surface area contributed by atoms with Gasteiger partial charge in [-0.2, -0.15) is 0 Å². The third-order valence-electron chi connectivity index (χ3n) is 6.80. The van der Waals surface area contributed by atoms with Gasteiger partial charge in [0, 0.05) is 12.1 Å². The first-order chi connectivity index (χ1) is 18.3. The molecule has 0 fully saturated rings. The summed E-state index contributed by atoms with van der Waals surface area (Å²) in [4.78, 5) is 0. The van der Waals surface area contributed by atoms with Gasteiger partial charge in [0.15, 0.2) is 0 Å². The highest BCUT2D eigenvalue weighted by atomic mass is 31.2. The summed E-state index contributed by atoms with van der Waals surface area (Å²) in [6.45, 7) is 13.8. The minimum Gasteiger partial charge on any atom is -0.497 e. The highest BCUT2D eigenvalue weighted by Gasteiger charge is 2.40. The van der Waals surface area contributed by atoms with E-state index in [1.165, 1.54) is 0 Å². The Bertz CT molecular complexity index is 1030. The van der Waals surface area contributed by atoms with Crippen LogP contribution in [0.5, 0.6) is 11.5 Å². The number of methoxy groups -OCH3 is 2. The van der Waals surface area contributed by atoms with Gasteiger partial charge in [0.2, 0.25) is 0 Å². The lowest BCUT2D eigenvalue weighted by atomic mass is 9.79. The molecule has 3 aromatic carbocycles. The van der Waals surface area contributed by atoms with Gasteiger partial charge < -0.3 is 18.7 Å². The van der Waals surface area contributed by atoms with E-state index >= 15 is 0 Å². The Hall–Kier alpha value is -2.43. The SMILES string of the molecule is CCC(COP(C)N(C(C)C)C(C)C)OC(c1ccccc1)(c1ccc(OC)cc1)c1ccc(OC)cc1. The van der Waals surface area contributed by atoms with Crippen molar-refractivity contribution in [1.29, 1.82) is 0 Å². The molecule has 0 aliphatic rings. The minimum atomic E-state index is -0.851. The molecule has 0 saturated heterocycles. The summed E-state index contributed by atoms with van der Waals surface area (Å²) in [7, 11) is 2.61. The largest absolute Gasteiger partial charge is 0.497 e. The average molecular weight is 538 g/mol. The van der Waals surface area contributed by atoms with Gasteiger partial charge >= 0.3 is 0 Å². The van der Waals surface area contributed by atoms with E-state index in [1.807, 2.05) is 30.3 Å². The highest BCUT2D eigenvalue weighted by molar-refractivity contribution is 7.49. The lowest BCUT2D eigenvalue weighted by Crippen LogP contribution is -2.39. The van der Waals surface area contributed by atoms with Crippen LogP contribution in [0.2, 0.25) is 0 Å². The summed E-state index contributed by atoms with van der Waals surface area (Å²) in [5, 5.41) is 0. The lowest BCUT2D eigenvalue weighted by molar-refractivity contribution is -0.0660. The van der Waals surface area contributed by atoms with Crippen molar-refractivity contribution >= 4 is 8.30 Å². The van der Waals surface area contributed by atoms with E-state index in [9.17, 15) is 0 Å². The summed E-state index contributed by atoms with van der Waals surface area (Å²) in [5.74, 6) is 1.61. The molecule has 2 unspecified atom stereocenters. The van der Waals surface area contributed by atoms with Crippen LogP contribution in [0.25, 0.3) is 0 Å². The van der Waals surface area contributed by atoms with Crippen LogP contribution in [0.3, 0.4) is 0 Å². The van der Waals surface area contributed by atoms with Gasteiger partial charge in [0.25, 0.3) is 0 Å². The van der Waals surface area contributed by atoms with Gasteiger partial charge in [-0.1, -0.05) is 61.5 Å². The van der Waals surface area contributed by atoms with Crippen molar-refractivity contribution in [3.8, 4) is 11.5 Å². The zero-order chi connectivity index (χ0) is 27.7. The van der Waals surface area contributed by atoms with Crippen LogP contribution >= 0.6 is 8.30 Å². The van der Waals surface area contributed by atoms with Gasteiger partial charge in [-0.3, -0.25) is 4.67 Å². The molecule has 0 saturated carbocycles. The molecule has 0 aliphatic carbocycles. The molecule has 2 atom stereocenters. The fourth-order valence-corrected chi connectivity index (χ4v) is 6.83. The molecular formula is C32H44NO4P. The number of hydrogen-bond acceptors (Lipinski definition) is 5. The number of benzene rings is 3. The van der Waals surface area contributed by atoms with Crippen molar-refractivity contribution in [2.24, 2.45) is 0 Å². The molecule has 38 heavy (non-hydrogen) atoms. The molecule has 5 nitrogen and oxygen atoms in total. The van der Waals surface area contributed by atoms with E-state index in [0.29, 0.717) is 18.7 Å². The third-order valence-corrected chi connectivity index (χ3v) is 8.90. The minimum absolute atomic E-state index is 0.134. The van der Waals surface area contributed by atoms with Crippen molar-refractivity contribution in [3.63, 3.8) is 0 Å². The summed E-state index contributed by atoms with van der Waals surface area (Å²) in [5.41, 5.74) is 2.25. The van der Waals surface area contributed by atoms with E-state index in [0.717, 1.165) is 34.6 Å². The van der Waals surface area contributed by atoms with Crippen molar-refractivity contribution < 1.29 is 18.7 Å². The molecule has 0 heterocycles. The van der Waals surface area contributed by atoms with Crippen LogP contribution in [0, 0.1) is 0 Å². The molecule has 6 heteroatoms. The Morgan fingerprint density at radius 2 is 1.16 bits per heavy atom. The van der Waals surface area contributed by atoms with Crippen LogP contribution in [0.4, 0.5) is 0 Å². The summed E-state index contributed by atoms with van der Waals surface area (Å²) in [6.07, 6.45) is 0.679. The highest BCUT2D eigenvalue weighted by Crippen LogP contribution is 2.45. The predicted octanol–water partition coefficient (Wildman–Crippen LogP) is 7.87. The van der Waals surface area contributed by atoms with Gasteiger partial charge in [0.1, 0.15) is 25.4 Å². The summed E-state index contributed by atoms with van der Waals surface area (Å²) < 4.78 is 27.1. The van der Waals surface area contributed by atoms with Gasteiger partial charge in [-0.25, -0.2) is 0 Å². The molecule has 3 rings (SSSR count). The maximum absolute atomic E-state index is 7.23. The standard InChI is InChI=1S/C32H44NO4P/c1-9-29(23-36-38(8)33(24(2)3)25(4)5)37-32(26-13-11-10-12-14-26,27-15-19-30(34-6)20-16-27)28-17-21-31(35-7)22-18-28/h10-22,24-25,29H,9,23H2,1-8H3. The first-order valence-corrected chi connectivity index (χ1v) is 15.1. The molecule has 3 aromatic rings. The molecule has 0 N–H and O–H groups in total. The molecule has 0 aromatic heterocycles. The topological polar surface area (TPSA) is 40.2 Å². The zero-order valence-electron chi connectivity index (χ0n) is 24.2. The molecule has 0 amide bonds. The second-order valence-electron chi connectivity index (χ2n) is 9.98. The second-order valence-corrected chi connectivity index (χ2v) is 11.6. The van der Waals surface area contributed by atoms with Crippen molar-refractivity contribution in [1.82, 2.24) is 4.67 Å². The van der Waals surface area contributed by atoms with Crippen LogP contribution in [0.1, 0.15) is 57.7 Å². The van der Waals surface area contributed by atoms with E-state index in [-0.39, 0.29) is 6.10 Å². The Kier molecular flexibility index (Phi) is 11.2. The van der Waals surface area contributed by atoms with Crippen LogP contribution in [-0.2, 0) is 14.9 Å². The molecule has 0 radical (unpaired) electrons. The number of hydrogen-bond donors (Lipinski definition) is 0. The van der Waals surface area contributed by atoms with Crippen LogP contribution < -0.4 is 9.47 Å². The van der Waals surface area contributed by atoms with Gasteiger partial charge in [0.05, 0.1) is 26.9 Å². The Balaban J connectivity index is 2.08. The molecule has 0 aliphatic heterocycles. The average Bonchev–Trinajstić information content (AvgIpc) is 2.93. The van der Waals surface area contributed by atoms with E-state index < -0.39 is 13.9 Å². The first kappa shape index (κ1) is 30.1. The van der Waals surface area contributed by atoms with Crippen LogP contribution in [0.15, 0.2) is 78.9 Å². The van der Waals surface area contributed by atoms with E-state index in [4.69, 9.17) is 18.7 Å². The van der Waals surface area contributed by atoms with Crippen molar-refractivity contribution in [2.45, 2.75) is 64.8 Å². The smallest absolute Gasteiger partial charge is 0.144 e. The van der Waals surface area contributed by atoms with Gasteiger partial charge in [-0.15, -0.1) is 0 Å². The number of ether oxygens (including phenoxy) is 3. The van der Waals surface area contributed by atoms with Crippen molar-refractivity contribution in [2.75, 3.05) is 27.5 Å². The lowest BCUT2D eigenvalue weighted by Gasteiger charge is -2.40. The third kappa shape index (κ3) is 6.95. The maximum atomic E-state index is 7.23. The first-order valence-electron chi connectivity index (χ1n) is 13.4. The fourth-order valence-electron chi connectivity index (χ4n) is 5.02. The van der Waals surface area contributed by atoms with Crippen molar-refractivity contribution in [3.05, 3.63) is 95.6 Å². The summed E-state index contributed by atoms with van der Waals surface area (Å²) in [6, 6.07) is 27.6. The Morgan fingerprint density at radius 3 is 1.55 bits per heavy atom. The Morgan fingerprint density at radius 1 is 0.711 bits per heavy atom. The quantitative estimate of drug-likeness (QED) is 0.155. The normalized spacial score (nSPS) is 13.7. The second kappa shape index (κ2) is 14.1. The maximum Gasteiger partial charge on any atom is 0.144 e. The molecular weight excluding hydrogens is 493 g/mol. The molecule has 0 spiro atoms. The number of nitrogens with zero attached hydrogens (tertiary/aromatic N) is 1. The zero-order valence-corrected chi connectivity index (χ0v) is 25.1.